The summed E-state index contributed by atoms with van der Waals surface area (Å²) < 4.78 is 5.08. The van der Waals surface area contributed by atoms with E-state index in [1.165, 1.54) is 0 Å². The summed E-state index contributed by atoms with van der Waals surface area (Å²) in [5, 5.41) is 12.0. The number of nitriles is 1. The van der Waals surface area contributed by atoms with Crippen LogP contribution in [0.15, 0.2) is 54.1 Å². The number of nitrogens with one attached hydrogen (secondary N) is 1. The number of methoxy groups -OCH3 is 1. The van der Waals surface area contributed by atoms with Crippen LogP contribution in [0.25, 0.3) is 6.08 Å². The smallest absolute Gasteiger partial charge is 0.266 e. The maximum Gasteiger partial charge on any atom is 0.266 e. The van der Waals surface area contributed by atoms with Gasteiger partial charge in [-0.1, -0.05) is 12.1 Å². The zero-order valence-electron chi connectivity index (χ0n) is 15.3. The Balaban J connectivity index is 2.13. The van der Waals surface area contributed by atoms with Crippen molar-refractivity contribution in [2.75, 3.05) is 30.4 Å². The Morgan fingerprint density at radius 1 is 1.12 bits per heavy atom. The molecular formula is C21H23N3O2. The molecule has 0 saturated carbocycles. The first kappa shape index (κ1) is 19.1. The van der Waals surface area contributed by atoms with Crippen molar-refractivity contribution in [3.05, 3.63) is 59.7 Å². The highest BCUT2D eigenvalue weighted by atomic mass is 16.5. The highest BCUT2D eigenvalue weighted by molar-refractivity contribution is 6.09. The molecule has 0 saturated heterocycles. The molecule has 0 radical (unpaired) electrons. The molecule has 2 aromatic rings. The fourth-order valence-corrected chi connectivity index (χ4v) is 2.56. The van der Waals surface area contributed by atoms with Crippen LogP contribution in [-0.4, -0.2) is 26.1 Å². The SMILES string of the molecule is CCN(CC)c1ccc(/C=C(\C#N)C(=O)Nc2ccc(OC)cc2)cc1. The van der Waals surface area contributed by atoms with Crippen molar-refractivity contribution in [2.24, 2.45) is 0 Å². The lowest BCUT2D eigenvalue weighted by atomic mass is 10.1. The predicted octanol–water partition coefficient (Wildman–Crippen LogP) is 4.09. The zero-order chi connectivity index (χ0) is 18.9. The van der Waals surface area contributed by atoms with Gasteiger partial charge in [-0.25, -0.2) is 0 Å². The molecule has 0 atom stereocenters. The van der Waals surface area contributed by atoms with Crippen molar-refractivity contribution in [1.29, 1.82) is 5.26 Å². The first-order chi connectivity index (χ1) is 12.6. The Kier molecular flexibility index (Phi) is 6.81. The normalized spacial score (nSPS) is 10.8. The number of amides is 1. The second-order valence-corrected chi connectivity index (χ2v) is 5.62. The second kappa shape index (κ2) is 9.28. The molecule has 2 rings (SSSR count). The van der Waals surface area contributed by atoms with E-state index in [1.54, 1.807) is 37.5 Å². The molecule has 0 spiro atoms. The third-order valence-electron chi connectivity index (χ3n) is 4.05. The van der Waals surface area contributed by atoms with Gasteiger partial charge in [-0.05, 0) is 61.9 Å². The number of hydrogen-bond acceptors (Lipinski definition) is 4. The van der Waals surface area contributed by atoms with Crippen LogP contribution in [0.1, 0.15) is 19.4 Å². The van der Waals surface area contributed by atoms with E-state index >= 15 is 0 Å². The number of carbonyl (C=O) groups is 1. The number of carbonyl (C=O) groups excluding carboxylic acids is 1. The largest absolute Gasteiger partial charge is 0.497 e. The van der Waals surface area contributed by atoms with Crippen LogP contribution in [0.5, 0.6) is 5.75 Å². The Bertz CT molecular complexity index is 799. The van der Waals surface area contributed by atoms with E-state index in [-0.39, 0.29) is 5.57 Å². The maximum atomic E-state index is 12.3. The van der Waals surface area contributed by atoms with Gasteiger partial charge in [-0.3, -0.25) is 4.79 Å². The number of rotatable bonds is 7. The van der Waals surface area contributed by atoms with Gasteiger partial charge in [0.2, 0.25) is 0 Å². The summed E-state index contributed by atoms with van der Waals surface area (Å²) in [6, 6.07) is 16.7. The molecule has 0 aliphatic rings. The number of anilines is 2. The average Bonchev–Trinajstić information content (AvgIpc) is 2.68. The van der Waals surface area contributed by atoms with Crippen molar-refractivity contribution in [3.8, 4) is 11.8 Å². The minimum absolute atomic E-state index is 0.0522. The van der Waals surface area contributed by atoms with Crippen LogP contribution >= 0.6 is 0 Å². The fraction of sp³-hybridized carbons (Fsp3) is 0.238. The second-order valence-electron chi connectivity index (χ2n) is 5.62. The monoisotopic (exact) mass is 349 g/mol. The topological polar surface area (TPSA) is 65.4 Å². The van der Waals surface area contributed by atoms with Gasteiger partial charge in [-0.2, -0.15) is 5.26 Å². The summed E-state index contributed by atoms with van der Waals surface area (Å²) in [7, 11) is 1.58. The number of ether oxygens (including phenoxy) is 1. The molecule has 5 heteroatoms. The van der Waals surface area contributed by atoms with Crippen molar-refractivity contribution < 1.29 is 9.53 Å². The van der Waals surface area contributed by atoms with Gasteiger partial charge in [-0.15, -0.1) is 0 Å². The Morgan fingerprint density at radius 2 is 1.73 bits per heavy atom. The van der Waals surface area contributed by atoms with Crippen LogP contribution in [0.3, 0.4) is 0 Å². The van der Waals surface area contributed by atoms with E-state index in [1.807, 2.05) is 30.3 Å². The summed E-state index contributed by atoms with van der Waals surface area (Å²) in [5.41, 5.74) is 2.58. The van der Waals surface area contributed by atoms with E-state index in [2.05, 4.69) is 24.1 Å². The van der Waals surface area contributed by atoms with Gasteiger partial charge in [0.05, 0.1) is 7.11 Å². The van der Waals surface area contributed by atoms with E-state index in [0.29, 0.717) is 11.4 Å². The number of hydrogen-bond donors (Lipinski definition) is 1. The van der Waals surface area contributed by atoms with Crippen LogP contribution in [0, 0.1) is 11.3 Å². The Hall–Kier alpha value is -3.26. The van der Waals surface area contributed by atoms with E-state index in [0.717, 1.165) is 24.3 Å². The van der Waals surface area contributed by atoms with Gasteiger partial charge >= 0.3 is 0 Å². The molecule has 2 aromatic carbocycles. The van der Waals surface area contributed by atoms with Gasteiger partial charge in [0.1, 0.15) is 17.4 Å². The summed E-state index contributed by atoms with van der Waals surface area (Å²) >= 11 is 0. The van der Waals surface area contributed by atoms with Gasteiger partial charge in [0, 0.05) is 24.5 Å². The molecule has 0 bridgehead atoms. The van der Waals surface area contributed by atoms with Crippen LogP contribution in [0.4, 0.5) is 11.4 Å². The zero-order valence-corrected chi connectivity index (χ0v) is 15.3. The Labute approximate surface area is 154 Å². The molecule has 0 aliphatic carbocycles. The molecule has 134 valence electrons. The highest BCUT2D eigenvalue weighted by Gasteiger charge is 2.10. The molecule has 0 fully saturated rings. The molecule has 5 nitrogen and oxygen atoms in total. The van der Waals surface area contributed by atoms with Crippen LogP contribution in [0.2, 0.25) is 0 Å². The van der Waals surface area contributed by atoms with E-state index in [9.17, 15) is 10.1 Å². The molecule has 0 aliphatic heterocycles. The van der Waals surface area contributed by atoms with Crippen molar-refractivity contribution >= 4 is 23.4 Å². The van der Waals surface area contributed by atoms with Crippen molar-refractivity contribution in [3.63, 3.8) is 0 Å². The number of nitrogens with zero attached hydrogens (tertiary/aromatic N) is 2. The predicted molar refractivity (Wildman–Crippen MR) is 105 cm³/mol. The fourth-order valence-electron chi connectivity index (χ4n) is 2.56. The van der Waals surface area contributed by atoms with Crippen molar-refractivity contribution in [1.82, 2.24) is 0 Å². The van der Waals surface area contributed by atoms with E-state index in [4.69, 9.17) is 4.74 Å². The van der Waals surface area contributed by atoms with Crippen LogP contribution < -0.4 is 15.0 Å². The summed E-state index contributed by atoms with van der Waals surface area (Å²) in [6.07, 6.45) is 1.59. The maximum absolute atomic E-state index is 12.3. The molecular weight excluding hydrogens is 326 g/mol. The number of benzene rings is 2. The lowest BCUT2D eigenvalue weighted by Gasteiger charge is -2.20. The van der Waals surface area contributed by atoms with Gasteiger partial charge in [0.25, 0.3) is 5.91 Å². The molecule has 0 aromatic heterocycles. The van der Waals surface area contributed by atoms with Gasteiger partial charge < -0.3 is 15.0 Å². The van der Waals surface area contributed by atoms with E-state index < -0.39 is 5.91 Å². The van der Waals surface area contributed by atoms with Crippen molar-refractivity contribution in [2.45, 2.75) is 13.8 Å². The van der Waals surface area contributed by atoms with Gasteiger partial charge in [0.15, 0.2) is 0 Å². The average molecular weight is 349 g/mol. The minimum atomic E-state index is -0.439. The molecule has 0 unspecified atom stereocenters. The quantitative estimate of drug-likeness (QED) is 0.604. The molecule has 0 heterocycles. The summed E-state index contributed by atoms with van der Waals surface area (Å²) in [6.45, 7) is 6.07. The summed E-state index contributed by atoms with van der Waals surface area (Å²) in [4.78, 5) is 14.6. The third-order valence-corrected chi connectivity index (χ3v) is 4.05. The highest BCUT2D eigenvalue weighted by Crippen LogP contribution is 2.18. The Morgan fingerprint density at radius 3 is 2.23 bits per heavy atom. The lowest BCUT2D eigenvalue weighted by Crippen LogP contribution is -2.21. The molecule has 26 heavy (non-hydrogen) atoms. The molecule has 1 N–H and O–H groups in total. The standard InChI is InChI=1S/C21H23N3O2/c1-4-24(5-2)19-10-6-16(7-11-19)14-17(15-22)21(25)23-18-8-12-20(26-3)13-9-18/h6-14H,4-5H2,1-3H3,(H,23,25)/b17-14+. The lowest BCUT2D eigenvalue weighted by molar-refractivity contribution is -0.112. The summed E-state index contributed by atoms with van der Waals surface area (Å²) in [5.74, 6) is 0.262. The molecule has 1 amide bonds. The van der Waals surface area contributed by atoms with Crippen LogP contribution in [-0.2, 0) is 4.79 Å². The first-order valence-electron chi connectivity index (χ1n) is 8.53. The minimum Gasteiger partial charge on any atom is -0.497 e. The third kappa shape index (κ3) is 4.87. The first-order valence-corrected chi connectivity index (χ1v) is 8.53.